The second-order valence-electron chi connectivity index (χ2n) is 4.55. The molecule has 0 aliphatic heterocycles. The number of fused-ring (bicyclic) bond motifs is 1. The zero-order chi connectivity index (χ0) is 10.8. The van der Waals surface area contributed by atoms with Crippen molar-refractivity contribution in [3.8, 4) is 0 Å². The van der Waals surface area contributed by atoms with Gasteiger partial charge in [0.1, 0.15) is 0 Å². The van der Waals surface area contributed by atoms with E-state index >= 15 is 0 Å². The first-order valence-corrected chi connectivity index (χ1v) is 6.07. The summed E-state index contributed by atoms with van der Waals surface area (Å²) in [7, 11) is 0. The minimum absolute atomic E-state index is 1.15. The van der Waals surface area contributed by atoms with E-state index in [0.29, 0.717) is 0 Å². The first-order valence-electron chi connectivity index (χ1n) is 6.07. The van der Waals surface area contributed by atoms with Crippen molar-refractivity contribution in [2.75, 3.05) is 0 Å². The van der Waals surface area contributed by atoms with Gasteiger partial charge in [-0.05, 0) is 48.4 Å². The molecule has 0 spiro atoms. The predicted octanol–water partition coefficient (Wildman–Crippen LogP) is 4.16. The summed E-state index contributed by atoms with van der Waals surface area (Å²) in [6.07, 6.45) is 7.19. The van der Waals surface area contributed by atoms with Crippen molar-refractivity contribution in [1.82, 2.24) is 0 Å². The molecule has 0 unspecified atom stereocenters. The lowest BCUT2D eigenvalue weighted by atomic mass is 9.94. The molecular formula is C15H20. The summed E-state index contributed by atoms with van der Waals surface area (Å²) in [5.41, 5.74) is 7.73. The second kappa shape index (κ2) is 4.22. The maximum absolute atomic E-state index is 2.38. The molecule has 80 valence electrons. The van der Waals surface area contributed by atoms with Gasteiger partial charge in [-0.15, -0.1) is 0 Å². The normalized spacial score (nSPS) is 13.9. The van der Waals surface area contributed by atoms with Crippen LogP contribution < -0.4 is 0 Å². The van der Waals surface area contributed by atoms with Crippen molar-refractivity contribution in [2.45, 2.75) is 46.5 Å². The highest BCUT2D eigenvalue weighted by Gasteiger charge is 2.15. The van der Waals surface area contributed by atoms with Crippen LogP contribution in [0, 0.1) is 0 Å². The number of benzene rings is 1. The van der Waals surface area contributed by atoms with Gasteiger partial charge in [-0.2, -0.15) is 0 Å². The molecule has 0 atom stereocenters. The summed E-state index contributed by atoms with van der Waals surface area (Å²) in [5.74, 6) is 0. The number of aryl methyl sites for hydroxylation is 2. The monoisotopic (exact) mass is 200 g/mol. The largest absolute Gasteiger partial charge is 0.0683 e. The van der Waals surface area contributed by atoms with Crippen LogP contribution in [0.2, 0.25) is 0 Å². The Bertz CT molecular complexity index is 397. The standard InChI is InChI=1S/C15H20/c1-4-6-13-8-7-12(5-2)14-9-11(3)10-15(13)14/h7-9H,4-6,10H2,1-3H3. The van der Waals surface area contributed by atoms with Gasteiger partial charge in [-0.1, -0.05) is 44.1 Å². The SMILES string of the molecule is CCCc1ccc(CC)c2c1CC(C)=C2. The predicted molar refractivity (Wildman–Crippen MR) is 67.2 cm³/mol. The maximum Gasteiger partial charge on any atom is -0.00578 e. The summed E-state index contributed by atoms with van der Waals surface area (Å²) in [6.45, 7) is 6.75. The number of hydrogen-bond donors (Lipinski definition) is 0. The van der Waals surface area contributed by atoms with Crippen LogP contribution in [0.5, 0.6) is 0 Å². The van der Waals surface area contributed by atoms with Crippen LogP contribution in [0.3, 0.4) is 0 Å². The zero-order valence-electron chi connectivity index (χ0n) is 10.1. The van der Waals surface area contributed by atoms with Crippen LogP contribution in [0.4, 0.5) is 0 Å². The molecule has 1 aliphatic carbocycles. The Labute approximate surface area is 93.0 Å². The molecule has 2 rings (SSSR count). The third-order valence-corrected chi connectivity index (χ3v) is 3.29. The summed E-state index contributed by atoms with van der Waals surface area (Å²) < 4.78 is 0. The first-order chi connectivity index (χ1) is 7.26. The molecular weight excluding hydrogens is 180 g/mol. The van der Waals surface area contributed by atoms with Crippen molar-refractivity contribution in [1.29, 1.82) is 0 Å². The molecule has 0 saturated carbocycles. The maximum atomic E-state index is 2.38. The third kappa shape index (κ3) is 1.86. The highest BCUT2D eigenvalue weighted by Crippen LogP contribution is 2.31. The molecule has 0 saturated heterocycles. The molecule has 0 fully saturated rings. The smallest absolute Gasteiger partial charge is 0.00578 e. The molecule has 0 aromatic heterocycles. The lowest BCUT2D eigenvalue weighted by molar-refractivity contribution is 0.902. The Morgan fingerprint density at radius 1 is 1.13 bits per heavy atom. The molecule has 0 nitrogen and oxygen atoms in total. The molecule has 1 aromatic carbocycles. The molecule has 1 aliphatic rings. The quantitative estimate of drug-likeness (QED) is 0.687. The second-order valence-corrected chi connectivity index (χ2v) is 4.55. The van der Waals surface area contributed by atoms with Gasteiger partial charge < -0.3 is 0 Å². The van der Waals surface area contributed by atoms with Crippen LogP contribution in [0.25, 0.3) is 6.08 Å². The van der Waals surface area contributed by atoms with Gasteiger partial charge in [0.15, 0.2) is 0 Å². The molecule has 1 aromatic rings. The minimum atomic E-state index is 1.15. The van der Waals surface area contributed by atoms with E-state index in [9.17, 15) is 0 Å². The van der Waals surface area contributed by atoms with E-state index in [-0.39, 0.29) is 0 Å². The fourth-order valence-electron chi connectivity index (χ4n) is 2.54. The molecule has 0 bridgehead atoms. The van der Waals surface area contributed by atoms with Crippen molar-refractivity contribution < 1.29 is 0 Å². The van der Waals surface area contributed by atoms with Gasteiger partial charge in [0.2, 0.25) is 0 Å². The van der Waals surface area contributed by atoms with E-state index in [2.05, 4.69) is 39.0 Å². The topological polar surface area (TPSA) is 0 Å². The van der Waals surface area contributed by atoms with Crippen LogP contribution >= 0.6 is 0 Å². The van der Waals surface area contributed by atoms with Gasteiger partial charge in [-0.3, -0.25) is 0 Å². The van der Waals surface area contributed by atoms with Crippen molar-refractivity contribution in [3.63, 3.8) is 0 Å². The highest BCUT2D eigenvalue weighted by atomic mass is 14.2. The highest BCUT2D eigenvalue weighted by molar-refractivity contribution is 5.68. The molecule has 15 heavy (non-hydrogen) atoms. The van der Waals surface area contributed by atoms with Crippen molar-refractivity contribution >= 4 is 6.08 Å². The Balaban J connectivity index is 2.48. The van der Waals surface area contributed by atoms with Gasteiger partial charge in [0.25, 0.3) is 0 Å². The summed E-state index contributed by atoms with van der Waals surface area (Å²) in [4.78, 5) is 0. The Morgan fingerprint density at radius 2 is 1.87 bits per heavy atom. The van der Waals surface area contributed by atoms with Gasteiger partial charge in [0.05, 0.1) is 0 Å². The van der Waals surface area contributed by atoms with Crippen molar-refractivity contribution in [3.05, 3.63) is 40.0 Å². The van der Waals surface area contributed by atoms with E-state index in [1.807, 2.05) is 0 Å². The van der Waals surface area contributed by atoms with Crippen LogP contribution in [0.15, 0.2) is 17.7 Å². The van der Waals surface area contributed by atoms with E-state index in [1.54, 1.807) is 11.1 Å². The van der Waals surface area contributed by atoms with Gasteiger partial charge in [0, 0.05) is 0 Å². The molecule has 0 radical (unpaired) electrons. The summed E-state index contributed by atoms with van der Waals surface area (Å²) >= 11 is 0. The average molecular weight is 200 g/mol. The number of rotatable bonds is 3. The first kappa shape index (κ1) is 10.5. The number of hydrogen-bond acceptors (Lipinski definition) is 0. The fourth-order valence-corrected chi connectivity index (χ4v) is 2.54. The van der Waals surface area contributed by atoms with Crippen LogP contribution in [0.1, 0.15) is 49.4 Å². The van der Waals surface area contributed by atoms with E-state index in [4.69, 9.17) is 0 Å². The van der Waals surface area contributed by atoms with E-state index in [1.165, 1.54) is 36.0 Å². The van der Waals surface area contributed by atoms with Crippen LogP contribution in [-0.4, -0.2) is 0 Å². The van der Waals surface area contributed by atoms with Crippen molar-refractivity contribution in [2.24, 2.45) is 0 Å². The average Bonchev–Trinajstić information content (AvgIpc) is 2.61. The van der Waals surface area contributed by atoms with Gasteiger partial charge in [-0.25, -0.2) is 0 Å². The van der Waals surface area contributed by atoms with Crippen LogP contribution in [-0.2, 0) is 19.3 Å². The third-order valence-electron chi connectivity index (χ3n) is 3.29. The van der Waals surface area contributed by atoms with E-state index < -0.39 is 0 Å². The number of allylic oxidation sites excluding steroid dienone is 1. The molecule has 0 heteroatoms. The van der Waals surface area contributed by atoms with Gasteiger partial charge >= 0.3 is 0 Å². The summed E-state index contributed by atoms with van der Waals surface area (Å²) in [6, 6.07) is 4.66. The minimum Gasteiger partial charge on any atom is -0.0683 e. The molecule has 0 N–H and O–H groups in total. The Morgan fingerprint density at radius 3 is 2.53 bits per heavy atom. The molecule has 0 heterocycles. The molecule has 0 amide bonds. The lowest BCUT2D eigenvalue weighted by Crippen LogP contribution is -1.97. The Hall–Kier alpha value is -1.04. The fraction of sp³-hybridized carbons (Fsp3) is 0.467. The lowest BCUT2D eigenvalue weighted by Gasteiger charge is -2.11. The summed E-state index contributed by atoms with van der Waals surface area (Å²) in [5, 5.41) is 0. The Kier molecular flexibility index (Phi) is 2.95. The zero-order valence-corrected chi connectivity index (χ0v) is 10.1. The van der Waals surface area contributed by atoms with E-state index in [0.717, 1.165) is 6.42 Å².